The summed E-state index contributed by atoms with van der Waals surface area (Å²) in [6, 6.07) is 1.66. The van der Waals surface area contributed by atoms with E-state index in [4.69, 9.17) is 10.5 Å². The monoisotopic (exact) mass is 384 g/mol. The van der Waals surface area contributed by atoms with E-state index < -0.39 is 26.6 Å². The van der Waals surface area contributed by atoms with E-state index in [-0.39, 0.29) is 37.2 Å². The van der Waals surface area contributed by atoms with Crippen molar-refractivity contribution in [3.8, 4) is 0 Å². The van der Waals surface area contributed by atoms with E-state index in [9.17, 15) is 17.2 Å². The number of nitrogens with zero attached hydrogens (tertiary/aromatic N) is 1. The molecule has 1 heterocycles. The van der Waals surface area contributed by atoms with Crippen molar-refractivity contribution >= 4 is 22.4 Å². The Morgan fingerprint density at radius 2 is 1.88 bits per heavy atom. The van der Waals surface area contributed by atoms with E-state index >= 15 is 0 Å². The number of hydrogen-bond acceptors (Lipinski definition) is 4. The SMILES string of the molecule is Cc1cc(S(=O)(=O)N2CCC(OCCCN)CC2)c(F)cc1F.Cl. The molecule has 0 bridgehead atoms. The molecule has 1 aromatic carbocycles. The summed E-state index contributed by atoms with van der Waals surface area (Å²) in [5, 5.41) is 0. The van der Waals surface area contributed by atoms with Crippen molar-refractivity contribution in [2.45, 2.75) is 37.2 Å². The molecule has 24 heavy (non-hydrogen) atoms. The normalized spacial score (nSPS) is 16.8. The van der Waals surface area contributed by atoms with E-state index in [2.05, 4.69) is 0 Å². The predicted molar refractivity (Wildman–Crippen MR) is 89.7 cm³/mol. The highest BCUT2D eigenvalue weighted by molar-refractivity contribution is 7.89. The van der Waals surface area contributed by atoms with Crippen LogP contribution in [-0.4, -0.2) is 45.1 Å². The van der Waals surface area contributed by atoms with Gasteiger partial charge in [0.25, 0.3) is 0 Å². The summed E-state index contributed by atoms with van der Waals surface area (Å²) in [5.74, 6) is -1.82. The molecule has 0 saturated carbocycles. The molecule has 0 amide bonds. The van der Waals surface area contributed by atoms with Crippen LogP contribution in [0, 0.1) is 18.6 Å². The molecule has 2 rings (SSSR count). The van der Waals surface area contributed by atoms with Gasteiger partial charge in [-0.15, -0.1) is 12.4 Å². The summed E-state index contributed by atoms with van der Waals surface area (Å²) in [6.45, 7) is 3.03. The van der Waals surface area contributed by atoms with Crippen LogP contribution in [0.2, 0.25) is 0 Å². The second kappa shape index (κ2) is 9.05. The summed E-state index contributed by atoms with van der Waals surface area (Å²) in [5.41, 5.74) is 5.50. The molecule has 0 atom stereocenters. The van der Waals surface area contributed by atoms with Crippen molar-refractivity contribution in [3.05, 3.63) is 29.3 Å². The van der Waals surface area contributed by atoms with Crippen molar-refractivity contribution in [1.82, 2.24) is 4.31 Å². The lowest BCUT2D eigenvalue weighted by molar-refractivity contribution is 0.0208. The Labute approximate surface area is 147 Å². The number of ether oxygens (including phenoxy) is 1. The molecule has 9 heteroatoms. The maximum Gasteiger partial charge on any atom is 0.245 e. The first kappa shape index (κ1) is 21.2. The minimum absolute atomic E-state index is 0. The van der Waals surface area contributed by atoms with Gasteiger partial charge in [0.15, 0.2) is 0 Å². The summed E-state index contributed by atoms with van der Waals surface area (Å²) < 4.78 is 59.1. The number of piperidine rings is 1. The van der Waals surface area contributed by atoms with E-state index in [1.54, 1.807) is 0 Å². The van der Waals surface area contributed by atoms with Gasteiger partial charge in [0.2, 0.25) is 10.0 Å². The van der Waals surface area contributed by atoms with Gasteiger partial charge in [-0.1, -0.05) is 0 Å². The number of aryl methyl sites for hydroxylation is 1. The smallest absolute Gasteiger partial charge is 0.245 e. The van der Waals surface area contributed by atoms with Gasteiger partial charge in [-0.3, -0.25) is 0 Å². The molecule has 1 aliphatic rings. The van der Waals surface area contributed by atoms with E-state index in [0.29, 0.717) is 32.1 Å². The lowest BCUT2D eigenvalue weighted by Crippen LogP contribution is -2.41. The Balaban J connectivity index is 0.00000288. The summed E-state index contributed by atoms with van der Waals surface area (Å²) in [4.78, 5) is -0.473. The number of benzene rings is 1. The molecule has 1 aliphatic heterocycles. The van der Waals surface area contributed by atoms with Crippen LogP contribution in [0.3, 0.4) is 0 Å². The molecule has 0 radical (unpaired) electrons. The molecule has 1 aromatic rings. The molecule has 1 fully saturated rings. The van der Waals surface area contributed by atoms with E-state index in [1.807, 2.05) is 0 Å². The van der Waals surface area contributed by atoms with Gasteiger partial charge in [-0.25, -0.2) is 17.2 Å². The van der Waals surface area contributed by atoms with Crippen molar-refractivity contribution in [2.75, 3.05) is 26.2 Å². The zero-order valence-corrected chi connectivity index (χ0v) is 15.1. The molecule has 1 saturated heterocycles. The number of hydrogen-bond donors (Lipinski definition) is 1. The van der Waals surface area contributed by atoms with Crippen molar-refractivity contribution < 1.29 is 21.9 Å². The van der Waals surface area contributed by atoms with Crippen LogP contribution in [0.15, 0.2) is 17.0 Å². The van der Waals surface area contributed by atoms with Crippen molar-refractivity contribution in [1.29, 1.82) is 0 Å². The average molecular weight is 385 g/mol. The van der Waals surface area contributed by atoms with Gasteiger partial charge >= 0.3 is 0 Å². The predicted octanol–water partition coefficient (Wildman–Crippen LogP) is 2.21. The van der Waals surface area contributed by atoms with Crippen LogP contribution < -0.4 is 5.73 Å². The average Bonchev–Trinajstić information content (AvgIpc) is 2.51. The minimum atomic E-state index is -3.96. The fourth-order valence-electron chi connectivity index (χ4n) is 2.54. The maximum atomic E-state index is 13.9. The highest BCUT2D eigenvalue weighted by Gasteiger charge is 2.32. The van der Waals surface area contributed by atoms with Crippen LogP contribution in [0.25, 0.3) is 0 Å². The first-order chi connectivity index (χ1) is 10.9. The maximum absolute atomic E-state index is 13.9. The Kier molecular flexibility index (Phi) is 8.01. The Bertz CT molecular complexity index is 650. The highest BCUT2D eigenvalue weighted by Crippen LogP contribution is 2.25. The fraction of sp³-hybridized carbons (Fsp3) is 0.600. The third-order valence-corrected chi connectivity index (χ3v) is 5.85. The second-order valence-electron chi connectivity index (χ2n) is 5.65. The van der Waals surface area contributed by atoms with Crippen LogP contribution in [0.4, 0.5) is 8.78 Å². The molecule has 0 spiro atoms. The third kappa shape index (κ3) is 4.86. The van der Waals surface area contributed by atoms with Crippen LogP contribution in [0.5, 0.6) is 0 Å². The highest BCUT2D eigenvalue weighted by atomic mass is 35.5. The topological polar surface area (TPSA) is 72.6 Å². The molecule has 138 valence electrons. The van der Waals surface area contributed by atoms with Gasteiger partial charge in [0, 0.05) is 25.8 Å². The summed E-state index contributed by atoms with van der Waals surface area (Å²) in [7, 11) is -3.96. The first-order valence-corrected chi connectivity index (χ1v) is 9.07. The zero-order valence-electron chi connectivity index (χ0n) is 13.5. The van der Waals surface area contributed by atoms with Crippen molar-refractivity contribution in [3.63, 3.8) is 0 Å². The van der Waals surface area contributed by atoms with E-state index in [1.165, 1.54) is 11.2 Å². The molecule has 0 unspecified atom stereocenters. The summed E-state index contributed by atoms with van der Waals surface area (Å²) in [6.07, 6.45) is 1.85. The number of halogens is 3. The molecule has 2 N–H and O–H groups in total. The van der Waals surface area contributed by atoms with Crippen LogP contribution in [-0.2, 0) is 14.8 Å². The number of nitrogens with two attached hydrogens (primary N) is 1. The van der Waals surface area contributed by atoms with Crippen LogP contribution >= 0.6 is 12.4 Å². The Morgan fingerprint density at radius 1 is 1.25 bits per heavy atom. The third-order valence-electron chi connectivity index (χ3n) is 3.93. The van der Waals surface area contributed by atoms with Gasteiger partial charge in [-0.05, 0) is 44.4 Å². The van der Waals surface area contributed by atoms with Gasteiger partial charge in [0.05, 0.1) is 6.10 Å². The zero-order chi connectivity index (χ0) is 17.0. The quantitative estimate of drug-likeness (QED) is 0.763. The van der Waals surface area contributed by atoms with Crippen LogP contribution in [0.1, 0.15) is 24.8 Å². The van der Waals surface area contributed by atoms with Gasteiger partial charge in [-0.2, -0.15) is 4.31 Å². The van der Waals surface area contributed by atoms with Gasteiger partial charge < -0.3 is 10.5 Å². The number of sulfonamides is 1. The molecule has 0 aliphatic carbocycles. The minimum Gasteiger partial charge on any atom is -0.378 e. The molecule has 0 aromatic heterocycles. The van der Waals surface area contributed by atoms with Crippen molar-refractivity contribution in [2.24, 2.45) is 5.73 Å². The van der Waals surface area contributed by atoms with Gasteiger partial charge in [0.1, 0.15) is 16.5 Å². The molecular formula is C15H23ClF2N2O3S. The Morgan fingerprint density at radius 3 is 2.46 bits per heavy atom. The summed E-state index contributed by atoms with van der Waals surface area (Å²) >= 11 is 0. The largest absolute Gasteiger partial charge is 0.378 e. The lowest BCUT2D eigenvalue weighted by Gasteiger charge is -2.31. The van der Waals surface area contributed by atoms with E-state index in [0.717, 1.165) is 12.5 Å². The fourth-order valence-corrected chi connectivity index (χ4v) is 4.14. The standard InChI is InChI=1S/C15H22F2N2O3S.ClH/c1-11-9-15(14(17)10-13(11)16)23(20,21)19-6-3-12(4-7-19)22-8-2-5-18;/h9-10,12H,2-8,18H2,1H3;1H. The number of rotatable bonds is 6. The lowest BCUT2D eigenvalue weighted by atomic mass is 10.1. The second-order valence-corrected chi connectivity index (χ2v) is 7.55. The Hall–Kier alpha value is -0.800. The molecular weight excluding hydrogens is 362 g/mol. The molecule has 5 nitrogen and oxygen atoms in total. The first-order valence-electron chi connectivity index (χ1n) is 7.63.